The highest BCUT2D eigenvalue weighted by Gasteiger charge is 2.29. The molecule has 3 N–H and O–H groups in total. The molecule has 0 aliphatic carbocycles. The molecule has 0 spiro atoms. The van der Waals surface area contributed by atoms with Gasteiger partial charge in [-0.05, 0) is 11.6 Å². The summed E-state index contributed by atoms with van der Waals surface area (Å²) >= 11 is 0. The van der Waals surface area contributed by atoms with Crippen molar-refractivity contribution in [3.05, 3.63) is 48.6 Å². The summed E-state index contributed by atoms with van der Waals surface area (Å²) in [4.78, 5) is 25.1. The van der Waals surface area contributed by atoms with Gasteiger partial charge in [-0.15, -0.1) is 0 Å². The van der Waals surface area contributed by atoms with Gasteiger partial charge in [0.05, 0.1) is 6.54 Å². The molecule has 0 saturated carbocycles. The second-order valence-corrected chi connectivity index (χ2v) is 5.59. The molecule has 1 aromatic rings. The molecule has 1 heterocycles. The monoisotopic (exact) mass is 348 g/mol. The summed E-state index contributed by atoms with van der Waals surface area (Å²) < 4.78 is 10.2. The Morgan fingerprint density at radius 3 is 2.76 bits per heavy atom. The molecule has 9 heteroatoms. The predicted molar refractivity (Wildman–Crippen MR) is 90.0 cm³/mol. The zero-order valence-electron chi connectivity index (χ0n) is 13.7. The van der Waals surface area contributed by atoms with E-state index in [0.29, 0.717) is 19.5 Å². The Kier molecular flexibility index (Phi) is 6.99. The van der Waals surface area contributed by atoms with E-state index in [4.69, 9.17) is 19.4 Å². The number of nitrogens with one attached hydrogen (secondary N) is 1. The summed E-state index contributed by atoms with van der Waals surface area (Å²) in [6.45, 7) is 4.21. The van der Waals surface area contributed by atoms with Crippen LogP contribution in [0.25, 0.3) is 0 Å². The number of amides is 2. The number of carbonyl (C=O) groups is 2. The van der Waals surface area contributed by atoms with Crippen LogP contribution >= 0.6 is 0 Å². The van der Waals surface area contributed by atoms with Gasteiger partial charge in [0.15, 0.2) is 0 Å². The number of benzene rings is 1. The standard InChI is InChI=1S/C16H21BN2O6/c1-2-15(20)19-9-8-13(11-19)24-16(21)18-14(25-17(22)23)10-12-6-4-3-5-7-12/h2-7,13-14,22-23H,1,8-11H2,(H,18,21)/t13-,14+/m0/s1. The van der Waals surface area contributed by atoms with Gasteiger partial charge in [-0.25, -0.2) is 4.79 Å². The first-order chi connectivity index (χ1) is 12.0. The zero-order valence-corrected chi connectivity index (χ0v) is 13.7. The Labute approximate surface area is 146 Å². The summed E-state index contributed by atoms with van der Waals surface area (Å²) in [5.41, 5.74) is 0.845. The highest BCUT2D eigenvalue weighted by Crippen LogP contribution is 2.13. The van der Waals surface area contributed by atoms with Gasteiger partial charge in [0.2, 0.25) is 5.91 Å². The Morgan fingerprint density at radius 1 is 1.40 bits per heavy atom. The van der Waals surface area contributed by atoms with Gasteiger partial charge >= 0.3 is 13.4 Å². The average Bonchev–Trinajstić information content (AvgIpc) is 3.02. The molecule has 1 aliphatic rings. The van der Waals surface area contributed by atoms with Crippen molar-refractivity contribution in [1.29, 1.82) is 0 Å². The molecular formula is C16H21BN2O6. The molecule has 25 heavy (non-hydrogen) atoms. The Balaban J connectivity index is 1.86. The summed E-state index contributed by atoms with van der Waals surface area (Å²) in [6, 6.07) is 9.14. The summed E-state index contributed by atoms with van der Waals surface area (Å²) in [5.74, 6) is -0.208. The van der Waals surface area contributed by atoms with Gasteiger partial charge in [-0.1, -0.05) is 36.9 Å². The van der Waals surface area contributed by atoms with Crippen LogP contribution in [0, 0.1) is 0 Å². The number of carbonyl (C=O) groups excluding carboxylic acids is 2. The summed E-state index contributed by atoms with van der Waals surface area (Å²) in [5, 5.41) is 20.5. The lowest BCUT2D eigenvalue weighted by molar-refractivity contribution is -0.125. The van der Waals surface area contributed by atoms with Crippen LogP contribution in [0.1, 0.15) is 12.0 Å². The van der Waals surface area contributed by atoms with E-state index in [2.05, 4.69) is 11.9 Å². The molecule has 1 aromatic carbocycles. The largest absolute Gasteiger partial charge is 0.635 e. The van der Waals surface area contributed by atoms with Crippen molar-refractivity contribution in [3.63, 3.8) is 0 Å². The fourth-order valence-corrected chi connectivity index (χ4v) is 2.58. The van der Waals surface area contributed by atoms with E-state index in [1.807, 2.05) is 30.3 Å². The fourth-order valence-electron chi connectivity index (χ4n) is 2.58. The molecule has 1 fully saturated rings. The van der Waals surface area contributed by atoms with Gasteiger partial charge in [-0.3, -0.25) is 10.1 Å². The highest BCUT2D eigenvalue weighted by atomic mass is 16.6. The molecule has 1 saturated heterocycles. The van der Waals surface area contributed by atoms with Crippen molar-refractivity contribution in [2.45, 2.75) is 25.2 Å². The van der Waals surface area contributed by atoms with Crippen LogP contribution in [0.2, 0.25) is 0 Å². The number of nitrogens with zero attached hydrogens (tertiary/aromatic N) is 1. The molecule has 0 bridgehead atoms. The van der Waals surface area contributed by atoms with E-state index >= 15 is 0 Å². The van der Waals surface area contributed by atoms with Crippen LogP contribution in [-0.2, 0) is 20.6 Å². The second-order valence-electron chi connectivity index (χ2n) is 5.59. The molecule has 2 atom stereocenters. The van der Waals surface area contributed by atoms with Crippen molar-refractivity contribution in [2.24, 2.45) is 0 Å². The summed E-state index contributed by atoms with van der Waals surface area (Å²) in [6.07, 6.45) is -0.171. The number of likely N-dealkylation sites (tertiary alicyclic amines) is 1. The molecule has 1 aliphatic heterocycles. The van der Waals surface area contributed by atoms with Crippen molar-refractivity contribution in [3.8, 4) is 0 Å². The molecule has 0 radical (unpaired) electrons. The van der Waals surface area contributed by atoms with Crippen molar-refractivity contribution in [2.75, 3.05) is 13.1 Å². The molecule has 0 aromatic heterocycles. The number of hydrogen-bond donors (Lipinski definition) is 3. The topological polar surface area (TPSA) is 108 Å². The lowest BCUT2D eigenvalue weighted by Crippen LogP contribution is -2.44. The van der Waals surface area contributed by atoms with Gasteiger partial charge in [0, 0.05) is 19.4 Å². The van der Waals surface area contributed by atoms with Gasteiger partial charge < -0.3 is 24.3 Å². The number of ether oxygens (including phenoxy) is 1. The number of rotatable bonds is 7. The zero-order chi connectivity index (χ0) is 18.2. The van der Waals surface area contributed by atoms with Crippen molar-refractivity contribution >= 4 is 19.3 Å². The van der Waals surface area contributed by atoms with Gasteiger partial charge in [0.25, 0.3) is 0 Å². The predicted octanol–water partition coefficient (Wildman–Crippen LogP) is 0.0544. The maximum absolute atomic E-state index is 12.0. The maximum atomic E-state index is 12.0. The van der Waals surface area contributed by atoms with Crippen LogP contribution in [0.5, 0.6) is 0 Å². The third kappa shape index (κ3) is 6.22. The first kappa shape index (κ1) is 19.0. The van der Waals surface area contributed by atoms with Crippen LogP contribution in [0.15, 0.2) is 43.0 Å². The van der Waals surface area contributed by atoms with E-state index in [0.717, 1.165) is 5.56 Å². The first-order valence-electron chi connectivity index (χ1n) is 7.92. The molecule has 134 valence electrons. The first-order valence-corrected chi connectivity index (χ1v) is 7.92. The van der Waals surface area contributed by atoms with Crippen LogP contribution in [0.4, 0.5) is 4.79 Å². The smallest absolute Gasteiger partial charge is 0.444 e. The average molecular weight is 348 g/mol. The van der Waals surface area contributed by atoms with Gasteiger partial charge in [0.1, 0.15) is 12.3 Å². The molecule has 2 amide bonds. The van der Waals surface area contributed by atoms with E-state index in [1.54, 1.807) is 4.90 Å². The minimum Gasteiger partial charge on any atom is -0.444 e. The van der Waals surface area contributed by atoms with E-state index in [1.165, 1.54) is 6.08 Å². The third-order valence-corrected chi connectivity index (χ3v) is 3.73. The molecule has 8 nitrogen and oxygen atoms in total. The van der Waals surface area contributed by atoms with E-state index in [-0.39, 0.29) is 12.3 Å². The van der Waals surface area contributed by atoms with Crippen molar-refractivity contribution in [1.82, 2.24) is 10.2 Å². The van der Waals surface area contributed by atoms with Crippen LogP contribution < -0.4 is 5.32 Å². The van der Waals surface area contributed by atoms with Crippen LogP contribution in [0.3, 0.4) is 0 Å². The third-order valence-electron chi connectivity index (χ3n) is 3.73. The lowest BCUT2D eigenvalue weighted by Gasteiger charge is -2.21. The lowest BCUT2D eigenvalue weighted by atomic mass is 10.1. The minimum atomic E-state index is -2.03. The van der Waals surface area contributed by atoms with E-state index < -0.39 is 25.7 Å². The Bertz CT molecular complexity index is 598. The number of hydrogen-bond acceptors (Lipinski definition) is 6. The van der Waals surface area contributed by atoms with Crippen molar-refractivity contribution < 1.29 is 29.0 Å². The second kappa shape index (κ2) is 9.21. The van der Waals surface area contributed by atoms with Gasteiger partial charge in [-0.2, -0.15) is 0 Å². The normalized spacial score (nSPS) is 17.7. The minimum absolute atomic E-state index is 0.208. The van der Waals surface area contributed by atoms with E-state index in [9.17, 15) is 9.59 Å². The quantitative estimate of drug-likeness (QED) is 0.365. The molecule has 2 rings (SSSR count). The maximum Gasteiger partial charge on any atom is 0.635 e. The van der Waals surface area contributed by atoms with Crippen LogP contribution in [-0.4, -0.2) is 59.7 Å². The summed E-state index contributed by atoms with van der Waals surface area (Å²) in [7, 11) is -2.03. The Morgan fingerprint density at radius 2 is 2.12 bits per heavy atom. The number of alkyl carbamates (subject to hydrolysis) is 1. The molecule has 0 unspecified atom stereocenters. The SMILES string of the molecule is C=CC(=O)N1CC[C@H](OC(=O)N[C@@H](Cc2ccccc2)OB(O)O)C1. The Hall–Kier alpha value is -2.36. The fraction of sp³-hybridized carbons (Fsp3) is 0.375. The highest BCUT2D eigenvalue weighted by molar-refractivity contribution is 6.32. The molecular weight excluding hydrogens is 327 g/mol.